The van der Waals surface area contributed by atoms with Crippen molar-refractivity contribution >= 4 is 15.9 Å². The molecule has 0 bridgehead atoms. The van der Waals surface area contributed by atoms with Crippen molar-refractivity contribution in [3.8, 4) is 5.75 Å². The van der Waals surface area contributed by atoms with Gasteiger partial charge in [0.1, 0.15) is 11.6 Å². The summed E-state index contributed by atoms with van der Waals surface area (Å²) in [6.45, 7) is 1.37. The van der Waals surface area contributed by atoms with Crippen LogP contribution in [-0.2, 0) is 21.4 Å². The lowest BCUT2D eigenvalue weighted by molar-refractivity contribution is -0.122. The number of carbonyl (C=O) groups is 1. The third-order valence-corrected chi connectivity index (χ3v) is 6.77. The van der Waals surface area contributed by atoms with Gasteiger partial charge in [-0.05, 0) is 54.4 Å². The standard InChI is InChI=1S/C24H25FN2O4S/c1-18(20-10-14-22(31-2)15-11-20)26-24(28)17-27(16-19-8-12-21(25)13-9-19)32(29,30)23-6-4-3-5-7-23/h3-15,18H,16-17H2,1-2H3,(H,26,28)/t18-/m0/s1. The van der Waals surface area contributed by atoms with E-state index in [1.807, 2.05) is 19.1 Å². The van der Waals surface area contributed by atoms with Crippen LogP contribution in [0.4, 0.5) is 4.39 Å². The van der Waals surface area contributed by atoms with Gasteiger partial charge in [0.2, 0.25) is 15.9 Å². The maximum absolute atomic E-state index is 13.3. The van der Waals surface area contributed by atoms with E-state index in [9.17, 15) is 17.6 Å². The molecule has 0 heterocycles. The van der Waals surface area contributed by atoms with Gasteiger partial charge < -0.3 is 10.1 Å². The van der Waals surface area contributed by atoms with Crippen LogP contribution in [0.15, 0.2) is 83.8 Å². The molecule has 0 saturated carbocycles. The Kier molecular flexibility index (Phi) is 7.61. The molecule has 3 aromatic rings. The molecule has 168 valence electrons. The van der Waals surface area contributed by atoms with E-state index in [1.165, 1.54) is 36.4 Å². The van der Waals surface area contributed by atoms with E-state index in [1.54, 1.807) is 37.4 Å². The number of halogens is 1. The third kappa shape index (κ3) is 5.93. The van der Waals surface area contributed by atoms with Crippen molar-refractivity contribution in [2.45, 2.75) is 24.4 Å². The molecular weight excluding hydrogens is 431 g/mol. The molecule has 6 nitrogen and oxygen atoms in total. The molecule has 0 aliphatic rings. The zero-order chi connectivity index (χ0) is 23.1. The van der Waals surface area contributed by atoms with E-state index in [-0.39, 0.29) is 24.0 Å². The molecule has 0 aliphatic heterocycles. The van der Waals surface area contributed by atoms with Crippen LogP contribution in [0.5, 0.6) is 5.75 Å². The quantitative estimate of drug-likeness (QED) is 0.530. The Balaban J connectivity index is 1.79. The lowest BCUT2D eigenvalue weighted by Gasteiger charge is -2.23. The number of nitrogens with one attached hydrogen (secondary N) is 1. The maximum Gasteiger partial charge on any atom is 0.243 e. The molecule has 1 N–H and O–H groups in total. The van der Waals surface area contributed by atoms with Crippen molar-refractivity contribution in [2.24, 2.45) is 0 Å². The summed E-state index contributed by atoms with van der Waals surface area (Å²) in [6.07, 6.45) is 0. The molecule has 32 heavy (non-hydrogen) atoms. The largest absolute Gasteiger partial charge is 0.497 e. The number of hydrogen-bond acceptors (Lipinski definition) is 4. The highest BCUT2D eigenvalue weighted by atomic mass is 32.2. The fourth-order valence-corrected chi connectivity index (χ4v) is 4.59. The summed E-state index contributed by atoms with van der Waals surface area (Å²) in [6, 6.07) is 20.3. The van der Waals surface area contributed by atoms with Gasteiger partial charge in [-0.15, -0.1) is 0 Å². The van der Waals surface area contributed by atoms with Crippen molar-refractivity contribution in [1.29, 1.82) is 0 Å². The molecule has 8 heteroatoms. The van der Waals surface area contributed by atoms with Gasteiger partial charge in [-0.2, -0.15) is 4.31 Å². The number of nitrogens with zero attached hydrogens (tertiary/aromatic N) is 1. The summed E-state index contributed by atoms with van der Waals surface area (Å²) in [5, 5.41) is 2.84. The number of benzene rings is 3. The van der Waals surface area contributed by atoms with Gasteiger partial charge in [-0.25, -0.2) is 12.8 Å². The summed E-state index contributed by atoms with van der Waals surface area (Å²) in [5.74, 6) is -0.168. The molecule has 0 aliphatic carbocycles. The van der Waals surface area contributed by atoms with Crippen LogP contribution < -0.4 is 10.1 Å². The Hall–Kier alpha value is -3.23. The van der Waals surface area contributed by atoms with E-state index in [2.05, 4.69) is 5.32 Å². The number of carbonyl (C=O) groups excluding carboxylic acids is 1. The molecule has 0 spiro atoms. The van der Waals surface area contributed by atoms with Crippen LogP contribution in [0, 0.1) is 5.82 Å². The maximum atomic E-state index is 13.3. The monoisotopic (exact) mass is 456 g/mol. The fourth-order valence-electron chi connectivity index (χ4n) is 3.18. The predicted molar refractivity (Wildman–Crippen MR) is 120 cm³/mol. The number of hydrogen-bond donors (Lipinski definition) is 1. The summed E-state index contributed by atoms with van der Waals surface area (Å²) >= 11 is 0. The normalized spacial score (nSPS) is 12.4. The Bertz CT molecular complexity index is 1130. The number of sulfonamides is 1. The van der Waals surface area contributed by atoms with Crippen LogP contribution in [0.1, 0.15) is 24.1 Å². The zero-order valence-electron chi connectivity index (χ0n) is 17.9. The third-order valence-electron chi connectivity index (χ3n) is 4.97. The zero-order valence-corrected chi connectivity index (χ0v) is 18.7. The highest BCUT2D eigenvalue weighted by Gasteiger charge is 2.27. The van der Waals surface area contributed by atoms with Gasteiger partial charge in [0.25, 0.3) is 0 Å². The van der Waals surface area contributed by atoms with Crippen molar-refractivity contribution in [3.05, 3.63) is 95.8 Å². The summed E-state index contributed by atoms with van der Waals surface area (Å²) in [5.41, 5.74) is 1.43. The Morgan fingerprint density at radius 2 is 1.62 bits per heavy atom. The molecule has 0 fully saturated rings. The number of rotatable bonds is 9. The smallest absolute Gasteiger partial charge is 0.243 e. The van der Waals surface area contributed by atoms with E-state index >= 15 is 0 Å². The molecule has 0 saturated heterocycles. The molecule has 1 amide bonds. The van der Waals surface area contributed by atoms with Crippen LogP contribution in [0.3, 0.4) is 0 Å². The fraction of sp³-hybridized carbons (Fsp3) is 0.208. The lowest BCUT2D eigenvalue weighted by atomic mass is 10.1. The van der Waals surface area contributed by atoms with Crippen LogP contribution in [-0.4, -0.2) is 32.3 Å². The molecule has 0 aromatic heterocycles. The molecular formula is C24H25FN2O4S. The van der Waals surface area contributed by atoms with Crippen molar-refractivity contribution in [1.82, 2.24) is 9.62 Å². The Labute approximate surface area is 187 Å². The van der Waals surface area contributed by atoms with Gasteiger partial charge >= 0.3 is 0 Å². The molecule has 0 radical (unpaired) electrons. The van der Waals surface area contributed by atoms with Gasteiger partial charge in [-0.1, -0.05) is 42.5 Å². The van der Waals surface area contributed by atoms with Crippen LogP contribution >= 0.6 is 0 Å². The minimum Gasteiger partial charge on any atom is -0.497 e. The average molecular weight is 457 g/mol. The second-order valence-corrected chi connectivity index (χ2v) is 9.21. The average Bonchev–Trinajstić information content (AvgIpc) is 2.80. The molecule has 1 atom stereocenters. The first kappa shape index (κ1) is 23.4. The summed E-state index contributed by atoms with van der Waals surface area (Å²) in [4.78, 5) is 12.9. The van der Waals surface area contributed by atoms with Crippen molar-refractivity contribution < 1.29 is 22.3 Å². The topological polar surface area (TPSA) is 75.7 Å². The van der Waals surface area contributed by atoms with Crippen molar-refractivity contribution in [3.63, 3.8) is 0 Å². The predicted octanol–water partition coefficient (Wildman–Crippen LogP) is 3.90. The number of ether oxygens (including phenoxy) is 1. The molecule has 3 aromatic carbocycles. The number of amides is 1. The van der Waals surface area contributed by atoms with Gasteiger partial charge in [0.05, 0.1) is 24.6 Å². The second-order valence-electron chi connectivity index (χ2n) is 7.27. The SMILES string of the molecule is COc1ccc([C@H](C)NC(=O)CN(Cc2ccc(F)cc2)S(=O)(=O)c2ccccc2)cc1. The second kappa shape index (κ2) is 10.4. The Morgan fingerprint density at radius 3 is 2.22 bits per heavy atom. The summed E-state index contributed by atoms with van der Waals surface area (Å²) in [7, 11) is -2.38. The minimum absolute atomic E-state index is 0.0676. The van der Waals surface area contributed by atoms with Crippen LogP contribution in [0.2, 0.25) is 0 Å². The summed E-state index contributed by atoms with van der Waals surface area (Å²) < 4.78 is 46.0. The van der Waals surface area contributed by atoms with E-state index in [0.717, 1.165) is 9.87 Å². The van der Waals surface area contributed by atoms with Gasteiger partial charge in [-0.3, -0.25) is 4.79 Å². The van der Waals surface area contributed by atoms with Crippen molar-refractivity contribution in [2.75, 3.05) is 13.7 Å². The van der Waals surface area contributed by atoms with Crippen LogP contribution in [0.25, 0.3) is 0 Å². The van der Waals surface area contributed by atoms with Gasteiger partial charge in [0, 0.05) is 6.54 Å². The van der Waals surface area contributed by atoms with E-state index < -0.39 is 21.7 Å². The lowest BCUT2D eigenvalue weighted by Crippen LogP contribution is -2.41. The minimum atomic E-state index is -3.95. The highest BCUT2D eigenvalue weighted by Crippen LogP contribution is 2.20. The first-order chi connectivity index (χ1) is 15.3. The Morgan fingerprint density at radius 1 is 1.00 bits per heavy atom. The first-order valence-corrected chi connectivity index (χ1v) is 11.5. The van der Waals surface area contributed by atoms with Gasteiger partial charge in [0.15, 0.2) is 0 Å². The van der Waals surface area contributed by atoms with E-state index in [4.69, 9.17) is 4.74 Å². The van der Waals surface area contributed by atoms with E-state index in [0.29, 0.717) is 11.3 Å². The first-order valence-electron chi connectivity index (χ1n) is 10.0. The number of methoxy groups -OCH3 is 1. The molecule has 0 unspecified atom stereocenters. The molecule has 3 rings (SSSR count). The highest BCUT2D eigenvalue weighted by molar-refractivity contribution is 7.89.